The summed E-state index contributed by atoms with van der Waals surface area (Å²) in [6.45, 7) is 7.20. The van der Waals surface area contributed by atoms with Crippen molar-refractivity contribution in [2.45, 2.75) is 45.6 Å². The van der Waals surface area contributed by atoms with Gasteiger partial charge in [0.15, 0.2) is 5.82 Å². The van der Waals surface area contributed by atoms with Gasteiger partial charge in [0.05, 0.1) is 6.04 Å². The van der Waals surface area contributed by atoms with Crippen LogP contribution in [0.3, 0.4) is 0 Å². The van der Waals surface area contributed by atoms with E-state index in [4.69, 9.17) is 4.52 Å². The molecule has 5 nitrogen and oxygen atoms in total. The highest BCUT2D eigenvalue weighted by molar-refractivity contribution is 5.43. The van der Waals surface area contributed by atoms with Gasteiger partial charge in [-0.15, -0.1) is 0 Å². The highest BCUT2D eigenvalue weighted by Crippen LogP contribution is 2.34. The predicted octanol–water partition coefficient (Wildman–Crippen LogP) is 3.24. The molecule has 0 amide bonds. The first-order valence-electron chi connectivity index (χ1n) is 7.18. The van der Waals surface area contributed by atoms with E-state index in [1.165, 1.54) is 5.56 Å². The maximum Gasteiger partial charge on any atom is 0.229 e. The SMILES string of the molecule is Cc1ccnc(N2CCCC2c2noc(C(C)C)n2)c1. The van der Waals surface area contributed by atoms with E-state index in [0.29, 0.717) is 5.89 Å². The normalized spacial score (nSPS) is 19.0. The molecular formula is C15H20N4O. The monoisotopic (exact) mass is 272 g/mol. The van der Waals surface area contributed by atoms with Gasteiger partial charge in [0, 0.05) is 18.7 Å². The number of rotatable bonds is 3. The Morgan fingerprint density at radius 2 is 2.25 bits per heavy atom. The van der Waals surface area contributed by atoms with Crippen LogP contribution in [0, 0.1) is 6.92 Å². The fraction of sp³-hybridized carbons (Fsp3) is 0.533. The first-order valence-corrected chi connectivity index (χ1v) is 7.18. The smallest absolute Gasteiger partial charge is 0.229 e. The Labute approximate surface area is 119 Å². The third-order valence-corrected chi connectivity index (χ3v) is 3.70. The molecule has 20 heavy (non-hydrogen) atoms. The summed E-state index contributed by atoms with van der Waals surface area (Å²) in [5, 5.41) is 4.16. The first-order chi connectivity index (χ1) is 9.65. The van der Waals surface area contributed by atoms with E-state index in [9.17, 15) is 0 Å². The molecule has 2 aromatic rings. The summed E-state index contributed by atoms with van der Waals surface area (Å²) >= 11 is 0. The molecule has 106 valence electrons. The number of nitrogens with zero attached hydrogens (tertiary/aromatic N) is 4. The number of hydrogen-bond acceptors (Lipinski definition) is 5. The molecule has 1 fully saturated rings. The van der Waals surface area contributed by atoms with E-state index in [0.717, 1.165) is 31.0 Å². The lowest BCUT2D eigenvalue weighted by Gasteiger charge is -2.23. The first kappa shape index (κ1) is 13.1. The lowest BCUT2D eigenvalue weighted by Crippen LogP contribution is -2.24. The van der Waals surface area contributed by atoms with E-state index in [2.05, 4.69) is 46.9 Å². The molecule has 2 aromatic heterocycles. The minimum atomic E-state index is 0.181. The molecule has 0 aromatic carbocycles. The van der Waals surface area contributed by atoms with Crippen LogP contribution in [0.25, 0.3) is 0 Å². The zero-order valence-electron chi connectivity index (χ0n) is 12.2. The Morgan fingerprint density at radius 1 is 1.40 bits per heavy atom. The molecule has 1 aliphatic heterocycles. The highest BCUT2D eigenvalue weighted by atomic mass is 16.5. The lowest BCUT2D eigenvalue weighted by atomic mass is 10.2. The van der Waals surface area contributed by atoms with Gasteiger partial charge in [-0.25, -0.2) is 4.98 Å². The number of hydrogen-bond donors (Lipinski definition) is 0. The van der Waals surface area contributed by atoms with E-state index >= 15 is 0 Å². The van der Waals surface area contributed by atoms with Crippen LogP contribution >= 0.6 is 0 Å². The average Bonchev–Trinajstić information content (AvgIpc) is 3.07. The van der Waals surface area contributed by atoms with Crippen molar-refractivity contribution in [2.24, 2.45) is 0 Å². The van der Waals surface area contributed by atoms with Gasteiger partial charge in [-0.05, 0) is 37.5 Å². The van der Waals surface area contributed by atoms with Gasteiger partial charge in [0.1, 0.15) is 5.82 Å². The number of aromatic nitrogens is 3. The summed E-state index contributed by atoms with van der Waals surface area (Å²) < 4.78 is 5.34. The largest absolute Gasteiger partial charge is 0.346 e. The summed E-state index contributed by atoms with van der Waals surface area (Å²) in [7, 11) is 0. The van der Waals surface area contributed by atoms with Gasteiger partial charge in [0.25, 0.3) is 0 Å². The van der Waals surface area contributed by atoms with Crippen molar-refractivity contribution in [1.29, 1.82) is 0 Å². The fourth-order valence-electron chi connectivity index (χ4n) is 2.60. The summed E-state index contributed by atoms with van der Waals surface area (Å²) in [4.78, 5) is 11.3. The molecule has 0 saturated carbocycles. The van der Waals surface area contributed by atoms with Gasteiger partial charge in [-0.2, -0.15) is 4.98 Å². The molecule has 0 spiro atoms. The summed E-state index contributed by atoms with van der Waals surface area (Å²) in [5.41, 5.74) is 1.22. The standard InChI is InChI=1S/C15H20N4O/c1-10(2)15-17-14(18-20-15)12-5-4-8-19(12)13-9-11(3)6-7-16-13/h6-7,9-10,12H,4-5,8H2,1-3H3. The van der Waals surface area contributed by atoms with Gasteiger partial charge in [-0.1, -0.05) is 19.0 Å². The van der Waals surface area contributed by atoms with Crippen molar-refractivity contribution in [3.8, 4) is 0 Å². The van der Waals surface area contributed by atoms with Crippen molar-refractivity contribution >= 4 is 5.82 Å². The molecule has 3 rings (SSSR count). The van der Waals surface area contributed by atoms with Crippen LogP contribution in [-0.4, -0.2) is 21.7 Å². The Morgan fingerprint density at radius 3 is 2.95 bits per heavy atom. The molecule has 3 heterocycles. The number of anilines is 1. The van der Waals surface area contributed by atoms with Crippen molar-refractivity contribution < 1.29 is 4.52 Å². The Kier molecular flexibility index (Phi) is 3.42. The van der Waals surface area contributed by atoms with Gasteiger partial charge >= 0.3 is 0 Å². The van der Waals surface area contributed by atoms with E-state index in [1.807, 2.05) is 12.3 Å². The van der Waals surface area contributed by atoms with Crippen molar-refractivity contribution in [1.82, 2.24) is 15.1 Å². The Hall–Kier alpha value is -1.91. The van der Waals surface area contributed by atoms with Crippen LogP contribution in [0.1, 0.15) is 55.9 Å². The van der Waals surface area contributed by atoms with Gasteiger partial charge < -0.3 is 9.42 Å². The van der Waals surface area contributed by atoms with Crippen molar-refractivity contribution in [3.05, 3.63) is 35.6 Å². The quantitative estimate of drug-likeness (QED) is 0.858. The zero-order chi connectivity index (χ0) is 14.1. The van der Waals surface area contributed by atoms with E-state index < -0.39 is 0 Å². The molecule has 1 unspecified atom stereocenters. The predicted molar refractivity (Wildman–Crippen MR) is 76.7 cm³/mol. The summed E-state index contributed by atoms with van der Waals surface area (Å²) in [5.74, 6) is 2.77. The minimum absolute atomic E-state index is 0.181. The topological polar surface area (TPSA) is 55.1 Å². The molecule has 0 aliphatic carbocycles. The van der Waals surface area contributed by atoms with Crippen LogP contribution < -0.4 is 4.90 Å². The zero-order valence-corrected chi connectivity index (χ0v) is 12.2. The highest BCUT2D eigenvalue weighted by Gasteiger charge is 2.31. The molecule has 1 atom stereocenters. The number of pyridine rings is 1. The Bertz CT molecular complexity index is 593. The van der Waals surface area contributed by atoms with Crippen molar-refractivity contribution in [3.63, 3.8) is 0 Å². The van der Waals surface area contributed by atoms with Crippen LogP contribution in [-0.2, 0) is 0 Å². The third kappa shape index (κ3) is 2.40. The maximum absolute atomic E-state index is 5.34. The molecule has 1 aliphatic rings. The van der Waals surface area contributed by atoms with Crippen LogP contribution in [0.5, 0.6) is 0 Å². The van der Waals surface area contributed by atoms with Crippen molar-refractivity contribution in [2.75, 3.05) is 11.4 Å². The molecule has 5 heteroatoms. The summed E-state index contributed by atoms with van der Waals surface area (Å²) in [6, 6.07) is 4.31. The number of aryl methyl sites for hydroxylation is 1. The van der Waals surface area contributed by atoms with E-state index in [-0.39, 0.29) is 12.0 Å². The van der Waals surface area contributed by atoms with Crippen LogP contribution in [0.2, 0.25) is 0 Å². The molecule has 0 N–H and O–H groups in total. The van der Waals surface area contributed by atoms with Gasteiger partial charge in [-0.3, -0.25) is 0 Å². The molecule has 0 bridgehead atoms. The second kappa shape index (κ2) is 5.23. The second-order valence-electron chi connectivity index (χ2n) is 5.69. The van der Waals surface area contributed by atoms with E-state index in [1.54, 1.807) is 0 Å². The fourth-order valence-corrected chi connectivity index (χ4v) is 2.60. The molecular weight excluding hydrogens is 252 g/mol. The Balaban J connectivity index is 1.88. The molecule has 1 saturated heterocycles. The van der Waals surface area contributed by atoms with Crippen LogP contribution in [0.15, 0.2) is 22.9 Å². The molecule has 0 radical (unpaired) electrons. The lowest BCUT2D eigenvalue weighted by molar-refractivity contribution is 0.358. The maximum atomic E-state index is 5.34. The summed E-state index contributed by atoms with van der Waals surface area (Å²) in [6.07, 6.45) is 4.04. The third-order valence-electron chi connectivity index (χ3n) is 3.70. The minimum Gasteiger partial charge on any atom is -0.346 e. The second-order valence-corrected chi connectivity index (χ2v) is 5.69. The van der Waals surface area contributed by atoms with Crippen LogP contribution in [0.4, 0.5) is 5.82 Å². The average molecular weight is 272 g/mol. The van der Waals surface area contributed by atoms with Gasteiger partial charge in [0.2, 0.25) is 5.89 Å².